The van der Waals surface area contributed by atoms with E-state index < -0.39 is 17.0 Å². The van der Waals surface area contributed by atoms with E-state index in [-0.39, 0.29) is 23.5 Å². The summed E-state index contributed by atoms with van der Waals surface area (Å²) in [5.74, 6) is -1.73. The largest absolute Gasteiger partial charge is 0.349 e. The predicted molar refractivity (Wildman–Crippen MR) is 131 cm³/mol. The second kappa shape index (κ2) is 8.51. The summed E-state index contributed by atoms with van der Waals surface area (Å²) < 4.78 is 29.6. The summed E-state index contributed by atoms with van der Waals surface area (Å²) in [6.45, 7) is 1.82. The van der Waals surface area contributed by atoms with E-state index in [1.807, 2.05) is 6.07 Å². The van der Waals surface area contributed by atoms with Gasteiger partial charge in [-0.3, -0.25) is 9.59 Å². The Hall–Kier alpha value is -3.59. The second-order valence-electron chi connectivity index (χ2n) is 10.1. The Morgan fingerprint density at radius 1 is 1.14 bits per heavy atom. The zero-order valence-corrected chi connectivity index (χ0v) is 20.0. The quantitative estimate of drug-likeness (QED) is 0.578. The van der Waals surface area contributed by atoms with Crippen LogP contribution >= 0.6 is 0 Å². The third kappa shape index (κ3) is 3.61. The number of piperidine rings is 1. The van der Waals surface area contributed by atoms with Gasteiger partial charge >= 0.3 is 0 Å². The zero-order chi connectivity index (χ0) is 25.0. The topological polar surface area (TPSA) is 79.3 Å². The molecule has 1 saturated heterocycles. The molecule has 0 atom stereocenters. The maximum Gasteiger partial charge on any atom is 0.253 e. The lowest BCUT2D eigenvalue weighted by molar-refractivity contribution is -0.123. The number of halogens is 2. The number of benzene rings is 2. The van der Waals surface area contributed by atoms with E-state index >= 15 is 0 Å². The Morgan fingerprint density at radius 2 is 1.92 bits per heavy atom. The van der Waals surface area contributed by atoms with Gasteiger partial charge < -0.3 is 15.5 Å². The van der Waals surface area contributed by atoms with Crippen LogP contribution in [0.5, 0.6) is 0 Å². The second-order valence-corrected chi connectivity index (χ2v) is 10.1. The fourth-order valence-corrected chi connectivity index (χ4v) is 5.65. The number of anilines is 1. The summed E-state index contributed by atoms with van der Waals surface area (Å²) in [5.41, 5.74) is 2.41. The fourth-order valence-electron chi connectivity index (χ4n) is 5.65. The lowest BCUT2D eigenvalue weighted by Gasteiger charge is -2.36. The Morgan fingerprint density at radius 3 is 2.61 bits per heavy atom. The highest BCUT2D eigenvalue weighted by Gasteiger charge is 2.52. The highest BCUT2D eigenvalue weighted by atomic mass is 19.1. The van der Waals surface area contributed by atoms with Crippen LogP contribution in [0.2, 0.25) is 0 Å². The Balaban J connectivity index is 1.44. The Bertz CT molecular complexity index is 1370. The smallest absolute Gasteiger partial charge is 0.253 e. The summed E-state index contributed by atoms with van der Waals surface area (Å²) in [4.78, 5) is 28.8. The Kier molecular flexibility index (Phi) is 5.40. The summed E-state index contributed by atoms with van der Waals surface area (Å²) in [6, 6.07) is 8.75. The van der Waals surface area contributed by atoms with Gasteiger partial charge in [0, 0.05) is 17.7 Å². The van der Waals surface area contributed by atoms with Crippen molar-refractivity contribution in [3.63, 3.8) is 0 Å². The number of likely N-dealkylation sites (tertiary alicyclic amines) is 1. The minimum atomic E-state index is -0.742. The van der Waals surface area contributed by atoms with Gasteiger partial charge in [0.25, 0.3) is 5.91 Å². The van der Waals surface area contributed by atoms with Crippen LogP contribution < -0.4 is 10.6 Å². The maximum atomic E-state index is 14.6. The molecule has 9 heteroatoms. The first-order valence-electron chi connectivity index (χ1n) is 12.3. The molecule has 2 aliphatic heterocycles. The number of carbonyl (C=O) groups is 2. The zero-order valence-electron chi connectivity index (χ0n) is 20.0. The van der Waals surface area contributed by atoms with Gasteiger partial charge in [-0.25, -0.2) is 13.5 Å². The van der Waals surface area contributed by atoms with Gasteiger partial charge in [-0.1, -0.05) is 6.42 Å². The van der Waals surface area contributed by atoms with Crippen molar-refractivity contribution in [3.8, 4) is 16.9 Å². The van der Waals surface area contributed by atoms with Crippen LogP contribution in [-0.2, 0) is 10.2 Å². The first-order chi connectivity index (χ1) is 17.4. The van der Waals surface area contributed by atoms with Crippen LogP contribution in [0.25, 0.3) is 16.9 Å². The molecule has 2 aromatic carbocycles. The average molecular weight is 492 g/mol. The van der Waals surface area contributed by atoms with Gasteiger partial charge in [-0.15, -0.1) is 0 Å². The van der Waals surface area contributed by atoms with E-state index in [9.17, 15) is 18.4 Å². The molecular formula is C27H27F2N5O2. The number of hydrogen-bond donors (Lipinski definition) is 2. The molecule has 1 aromatic heterocycles. The van der Waals surface area contributed by atoms with E-state index in [0.29, 0.717) is 22.5 Å². The van der Waals surface area contributed by atoms with Crippen LogP contribution in [0.15, 0.2) is 42.6 Å². The van der Waals surface area contributed by atoms with Crippen LogP contribution in [0, 0.1) is 11.6 Å². The van der Waals surface area contributed by atoms with E-state index in [1.165, 1.54) is 23.0 Å². The third-order valence-corrected chi connectivity index (χ3v) is 7.91. The van der Waals surface area contributed by atoms with E-state index in [2.05, 4.69) is 27.7 Å². The third-order valence-electron chi connectivity index (χ3n) is 7.91. The van der Waals surface area contributed by atoms with Crippen molar-refractivity contribution in [3.05, 3.63) is 65.4 Å². The molecule has 186 valence electrons. The minimum absolute atomic E-state index is 0.0570. The van der Waals surface area contributed by atoms with E-state index in [0.717, 1.165) is 56.8 Å². The van der Waals surface area contributed by atoms with Gasteiger partial charge in [0.2, 0.25) is 5.91 Å². The normalized spacial score (nSPS) is 19.1. The summed E-state index contributed by atoms with van der Waals surface area (Å²) in [7, 11) is 2.06. The highest BCUT2D eigenvalue weighted by Crippen LogP contribution is 2.53. The Labute approximate surface area is 207 Å². The van der Waals surface area contributed by atoms with Crippen molar-refractivity contribution in [2.24, 2.45) is 0 Å². The van der Waals surface area contributed by atoms with Gasteiger partial charge in [-0.05, 0) is 81.7 Å². The van der Waals surface area contributed by atoms with Crippen molar-refractivity contribution in [2.45, 2.75) is 43.6 Å². The molecular weight excluding hydrogens is 464 g/mol. The number of aromatic nitrogens is 2. The van der Waals surface area contributed by atoms with Crippen molar-refractivity contribution in [1.82, 2.24) is 20.0 Å². The number of fused-ring (bicyclic) bond motifs is 2. The molecule has 36 heavy (non-hydrogen) atoms. The number of amides is 2. The van der Waals surface area contributed by atoms with E-state index in [1.54, 1.807) is 12.1 Å². The number of rotatable bonds is 4. The van der Waals surface area contributed by atoms with Gasteiger partial charge in [0.05, 0.1) is 28.6 Å². The molecule has 3 aromatic rings. The molecule has 3 aliphatic rings. The molecule has 1 aliphatic carbocycles. The van der Waals surface area contributed by atoms with Gasteiger partial charge in [0.1, 0.15) is 11.5 Å². The average Bonchev–Trinajstić information content (AvgIpc) is 3.41. The summed E-state index contributed by atoms with van der Waals surface area (Å²) >= 11 is 0. The van der Waals surface area contributed by atoms with Crippen molar-refractivity contribution in [1.29, 1.82) is 0 Å². The lowest BCUT2D eigenvalue weighted by Crippen LogP contribution is -2.43. The fraction of sp³-hybridized carbons (Fsp3) is 0.370. The van der Waals surface area contributed by atoms with Crippen molar-refractivity contribution < 1.29 is 18.4 Å². The van der Waals surface area contributed by atoms with Crippen LogP contribution in [-0.4, -0.2) is 52.7 Å². The molecule has 3 heterocycles. The minimum Gasteiger partial charge on any atom is -0.349 e. The molecule has 1 spiro atoms. The summed E-state index contributed by atoms with van der Waals surface area (Å²) in [5, 5.41) is 10.4. The first-order valence-corrected chi connectivity index (χ1v) is 12.3. The molecule has 7 nitrogen and oxygen atoms in total. The van der Waals surface area contributed by atoms with Crippen molar-refractivity contribution in [2.75, 3.05) is 25.5 Å². The molecule has 0 radical (unpaired) electrons. The molecule has 2 amide bonds. The van der Waals surface area contributed by atoms with Gasteiger partial charge in [0.15, 0.2) is 5.82 Å². The SMILES string of the molecule is CN1CCC(NC(=O)c2cc(-c3ccnn3-c3ccc(F)cc3F)cc3c2NC(=O)C32CCC2)CC1. The van der Waals surface area contributed by atoms with Gasteiger partial charge in [-0.2, -0.15) is 5.10 Å². The molecule has 0 bridgehead atoms. The highest BCUT2D eigenvalue weighted by molar-refractivity contribution is 6.14. The van der Waals surface area contributed by atoms with Crippen molar-refractivity contribution >= 4 is 17.5 Å². The summed E-state index contributed by atoms with van der Waals surface area (Å²) in [6.07, 6.45) is 5.63. The standard InChI is InChI=1S/C27H27F2N5O2/c1-33-11-6-18(7-12-33)31-25(35)19-13-16(14-20-24(19)32-26(36)27(20)8-2-9-27)22-5-10-30-34(22)23-4-3-17(28)15-21(23)29/h3-5,10,13-15,18H,2,6-9,11-12H2,1H3,(H,31,35)(H,32,36). The lowest BCUT2D eigenvalue weighted by atomic mass is 9.65. The number of nitrogens with one attached hydrogen (secondary N) is 2. The molecule has 0 unspecified atom stereocenters. The van der Waals surface area contributed by atoms with Crippen LogP contribution in [0.4, 0.5) is 14.5 Å². The molecule has 2 fully saturated rings. The monoisotopic (exact) mass is 491 g/mol. The van der Waals surface area contributed by atoms with Crippen LogP contribution in [0.1, 0.15) is 48.0 Å². The molecule has 1 saturated carbocycles. The van der Waals surface area contributed by atoms with E-state index in [4.69, 9.17) is 0 Å². The number of carbonyl (C=O) groups excluding carboxylic acids is 2. The van der Waals surface area contributed by atoms with Crippen LogP contribution in [0.3, 0.4) is 0 Å². The predicted octanol–water partition coefficient (Wildman–Crippen LogP) is 4.02. The first kappa shape index (κ1) is 22.8. The number of nitrogens with zero attached hydrogens (tertiary/aromatic N) is 3. The molecule has 2 N–H and O–H groups in total. The number of hydrogen-bond acceptors (Lipinski definition) is 4. The maximum absolute atomic E-state index is 14.6. The molecule has 6 rings (SSSR count).